The summed E-state index contributed by atoms with van der Waals surface area (Å²) in [4.78, 5) is 0.300. The lowest BCUT2D eigenvalue weighted by atomic mass is 9.99. The highest BCUT2D eigenvalue weighted by atomic mass is 32.2. The van der Waals surface area contributed by atoms with Gasteiger partial charge in [0.1, 0.15) is 0 Å². The van der Waals surface area contributed by atoms with Gasteiger partial charge < -0.3 is 0 Å². The molecule has 0 aliphatic carbocycles. The quantitative estimate of drug-likeness (QED) is 0.641. The van der Waals surface area contributed by atoms with Gasteiger partial charge in [0.2, 0.25) is 10.0 Å². The summed E-state index contributed by atoms with van der Waals surface area (Å²) < 4.78 is 29.4. The molecule has 0 bridgehead atoms. The van der Waals surface area contributed by atoms with Gasteiger partial charge in [-0.1, -0.05) is 44.2 Å². The second-order valence-electron chi connectivity index (χ2n) is 6.65. The van der Waals surface area contributed by atoms with E-state index in [1.54, 1.807) is 23.0 Å². The van der Waals surface area contributed by atoms with Crippen LogP contribution in [-0.4, -0.2) is 24.7 Å². The number of nitrogens with zero attached hydrogens (tertiary/aromatic N) is 2. The number of benzene rings is 2. The van der Waals surface area contributed by atoms with Crippen molar-refractivity contribution in [2.45, 2.75) is 37.5 Å². The molecule has 0 saturated heterocycles. The summed E-state index contributed by atoms with van der Waals surface area (Å²) in [5, 5.41) is 4.33. The molecule has 1 N–H and O–H groups in total. The van der Waals surface area contributed by atoms with E-state index >= 15 is 0 Å². The Morgan fingerprint density at radius 3 is 2.44 bits per heavy atom. The van der Waals surface area contributed by atoms with Gasteiger partial charge in [-0.3, -0.25) is 0 Å². The Kier molecular flexibility index (Phi) is 6.08. The van der Waals surface area contributed by atoms with Gasteiger partial charge in [0.15, 0.2) is 0 Å². The fourth-order valence-corrected chi connectivity index (χ4v) is 3.87. The van der Waals surface area contributed by atoms with Crippen molar-refractivity contribution in [3.8, 4) is 5.69 Å². The molecule has 0 amide bonds. The summed E-state index contributed by atoms with van der Waals surface area (Å²) in [7, 11) is -3.50. The van der Waals surface area contributed by atoms with Gasteiger partial charge in [-0.05, 0) is 54.2 Å². The van der Waals surface area contributed by atoms with Gasteiger partial charge in [-0.15, -0.1) is 0 Å². The summed E-state index contributed by atoms with van der Waals surface area (Å²) in [6.45, 7) is 4.59. The van der Waals surface area contributed by atoms with Crippen molar-refractivity contribution >= 4 is 10.0 Å². The molecule has 1 unspecified atom stereocenters. The second kappa shape index (κ2) is 8.50. The Morgan fingerprint density at radius 2 is 1.78 bits per heavy atom. The highest BCUT2D eigenvalue weighted by Crippen LogP contribution is 2.20. The Hall–Kier alpha value is -2.44. The standard InChI is InChI=1S/C21H25N3O2S/c1-3-17(2)19-9-11-21(12-10-19)27(25,26)23-14-13-18-15-22-24(16-18)20-7-5-4-6-8-20/h4-12,15-17,23H,3,13-14H2,1-2H3. The van der Waals surface area contributed by atoms with Crippen molar-refractivity contribution in [2.24, 2.45) is 0 Å². The van der Waals surface area contributed by atoms with Gasteiger partial charge in [0.25, 0.3) is 0 Å². The Morgan fingerprint density at radius 1 is 1.07 bits per heavy atom. The summed E-state index contributed by atoms with van der Waals surface area (Å²) in [6.07, 6.45) is 5.30. The topological polar surface area (TPSA) is 64.0 Å². The van der Waals surface area contributed by atoms with Gasteiger partial charge in [0.05, 0.1) is 16.8 Å². The highest BCUT2D eigenvalue weighted by Gasteiger charge is 2.14. The maximum atomic E-state index is 12.5. The average molecular weight is 384 g/mol. The summed E-state index contributed by atoms with van der Waals surface area (Å²) >= 11 is 0. The van der Waals surface area contributed by atoms with Crippen molar-refractivity contribution in [1.29, 1.82) is 0 Å². The molecule has 142 valence electrons. The molecule has 5 nitrogen and oxygen atoms in total. The third kappa shape index (κ3) is 4.84. The first-order valence-electron chi connectivity index (χ1n) is 9.18. The van der Waals surface area contributed by atoms with E-state index in [9.17, 15) is 8.42 Å². The zero-order valence-electron chi connectivity index (χ0n) is 15.7. The number of sulfonamides is 1. The molecule has 3 aromatic rings. The van der Waals surface area contributed by atoms with Crippen LogP contribution in [-0.2, 0) is 16.4 Å². The number of rotatable bonds is 8. The van der Waals surface area contributed by atoms with Crippen molar-refractivity contribution in [3.63, 3.8) is 0 Å². The smallest absolute Gasteiger partial charge is 0.240 e. The molecule has 1 aromatic heterocycles. The average Bonchev–Trinajstić information content (AvgIpc) is 3.17. The van der Waals surface area contributed by atoms with Gasteiger partial charge in [0, 0.05) is 12.7 Å². The molecule has 0 aliphatic rings. The van der Waals surface area contributed by atoms with Crippen LogP contribution in [0.5, 0.6) is 0 Å². The van der Waals surface area contributed by atoms with E-state index in [2.05, 4.69) is 23.7 Å². The van der Waals surface area contributed by atoms with E-state index in [-0.39, 0.29) is 0 Å². The Labute approximate surface area is 161 Å². The first-order chi connectivity index (χ1) is 13.0. The monoisotopic (exact) mass is 383 g/mol. The first kappa shape index (κ1) is 19.3. The first-order valence-corrected chi connectivity index (χ1v) is 10.7. The number of nitrogens with one attached hydrogen (secondary N) is 1. The lowest BCUT2D eigenvalue weighted by molar-refractivity contribution is 0.581. The minimum Gasteiger partial charge on any atom is -0.241 e. The SMILES string of the molecule is CCC(C)c1ccc(S(=O)(=O)NCCc2cnn(-c3ccccc3)c2)cc1. The third-order valence-electron chi connectivity index (χ3n) is 4.73. The maximum Gasteiger partial charge on any atom is 0.240 e. The lowest BCUT2D eigenvalue weighted by Crippen LogP contribution is -2.25. The molecule has 1 atom stereocenters. The Bertz CT molecular complexity index is 964. The number of aromatic nitrogens is 2. The van der Waals surface area contributed by atoms with E-state index in [0.717, 1.165) is 23.2 Å². The molecule has 3 rings (SSSR count). The molecule has 2 aromatic carbocycles. The van der Waals surface area contributed by atoms with E-state index in [0.29, 0.717) is 23.8 Å². The fourth-order valence-electron chi connectivity index (χ4n) is 2.84. The van der Waals surface area contributed by atoms with Crippen LogP contribution in [0.1, 0.15) is 37.3 Å². The van der Waals surface area contributed by atoms with E-state index in [1.807, 2.05) is 48.7 Å². The fraction of sp³-hybridized carbons (Fsp3) is 0.286. The van der Waals surface area contributed by atoms with Crippen LogP contribution in [0, 0.1) is 0 Å². The molecular weight excluding hydrogens is 358 g/mol. The van der Waals surface area contributed by atoms with E-state index < -0.39 is 10.0 Å². The molecule has 0 aliphatic heterocycles. The molecule has 27 heavy (non-hydrogen) atoms. The predicted molar refractivity (Wildman–Crippen MR) is 108 cm³/mol. The normalized spacial score (nSPS) is 12.8. The van der Waals surface area contributed by atoms with Crippen LogP contribution in [0.15, 0.2) is 71.9 Å². The van der Waals surface area contributed by atoms with E-state index in [1.165, 1.54) is 0 Å². The highest BCUT2D eigenvalue weighted by molar-refractivity contribution is 7.89. The molecule has 0 fully saturated rings. The molecule has 0 spiro atoms. The van der Waals surface area contributed by atoms with Crippen molar-refractivity contribution < 1.29 is 8.42 Å². The summed E-state index contributed by atoms with van der Waals surface area (Å²) in [6, 6.07) is 17.0. The molecule has 6 heteroatoms. The van der Waals surface area contributed by atoms with Crippen LogP contribution in [0.2, 0.25) is 0 Å². The Balaban J connectivity index is 1.59. The zero-order chi connectivity index (χ0) is 19.3. The molecular formula is C21H25N3O2S. The predicted octanol–water partition coefficient (Wildman–Crippen LogP) is 3.91. The number of hydrogen-bond acceptors (Lipinski definition) is 3. The lowest BCUT2D eigenvalue weighted by Gasteiger charge is -2.10. The molecule has 0 radical (unpaired) electrons. The maximum absolute atomic E-state index is 12.5. The minimum atomic E-state index is -3.50. The largest absolute Gasteiger partial charge is 0.241 e. The van der Waals surface area contributed by atoms with Gasteiger partial charge >= 0.3 is 0 Å². The number of hydrogen-bond donors (Lipinski definition) is 1. The van der Waals surface area contributed by atoms with Crippen LogP contribution in [0.4, 0.5) is 0 Å². The zero-order valence-corrected chi connectivity index (χ0v) is 16.5. The van der Waals surface area contributed by atoms with Gasteiger partial charge in [-0.2, -0.15) is 5.10 Å². The van der Waals surface area contributed by atoms with E-state index in [4.69, 9.17) is 0 Å². The summed E-state index contributed by atoms with van der Waals surface area (Å²) in [5.41, 5.74) is 3.11. The van der Waals surface area contributed by atoms with Crippen molar-refractivity contribution in [1.82, 2.24) is 14.5 Å². The van der Waals surface area contributed by atoms with Crippen molar-refractivity contribution in [3.05, 3.63) is 78.1 Å². The minimum absolute atomic E-state index is 0.300. The van der Waals surface area contributed by atoms with Crippen LogP contribution >= 0.6 is 0 Å². The molecule has 1 heterocycles. The molecule has 0 saturated carbocycles. The number of para-hydroxylation sites is 1. The van der Waals surface area contributed by atoms with Crippen LogP contribution < -0.4 is 4.72 Å². The van der Waals surface area contributed by atoms with Gasteiger partial charge in [-0.25, -0.2) is 17.8 Å². The second-order valence-corrected chi connectivity index (χ2v) is 8.42. The van der Waals surface area contributed by atoms with Crippen LogP contribution in [0.3, 0.4) is 0 Å². The van der Waals surface area contributed by atoms with Crippen LogP contribution in [0.25, 0.3) is 5.69 Å². The summed E-state index contributed by atoms with van der Waals surface area (Å²) in [5.74, 6) is 0.427. The third-order valence-corrected chi connectivity index (χ3v) is 6.21. The van der Waals surface area contributed by atoms with Crippen molar-refractivity contribution in [2.75, 3.05) is 6.54 Å².